The van der Waals surface area contributed by atoms with Gasteiger partial charge in [-0.05, 0) is 30.0 Å². The van der Waals surface area contributed by atoms with Crippen molar-refractivity contribution in [2.24, 2.45) is 0 Å². The largest absolute Gasteiger partial charge is 0.496 e. The molecule has 0 aliphatic rings. The minimum Gasteiger partial charge on any atom is -0.496 e. The molecular weight excluding hydrogens is 376 g/mol. The van der Waals surface area contributed by atoms with Crippen molar-refractivity contribution in [1.29, 1.82) is 0 Å². The van der Waals surface area contributed by atoms with Gasteiger partial charge >= 0.3 is 0 Å². The van der Waals surface area contributed by atoms with Crippen molar-refractivity contribution in [2.45, 2.75) is 20.0 Å². The van der Waals surface area contributed by atoms with E-state index in [0.29, 0.717) is 19.0 Å². The zero-order valence-corrected chi connectivity index (χ0v) is 17.3. The quantitative estimate of drug-likeness (QED) is 0.458. The second-order valence-corrected chi connectivity index (χ2v) is 7.30. The molecule has 1 heterocycles. The number of benzene rings is 3. The highest BCUT2D eigenvalue weighted by atomic mass is 16.5. The minimum absolute atomic E-state index is 0.0969. The van der Waals surface area contributed by atoms with Crippen molar-refractivity contribution < 1.29 is 14.3 Å². The van der Waals surface area contributed by atoms with Gasteiger partial charge in [0.1, 0.15) is 11.5 Å². The van der Waals surface area contributed by atoms with E-state index in [4.69, 9.17) is 14.1 Å². The topological polar surface area (TPSA) is 58.7 Å². The Morgan fingerprint density at radius 2 is 1.67 bits per heavy atom. The molecule has 0 atom stereocenters. The number of nitrogens with zero attached hydrogens (tertiary/aromatic N) is 2. The Morgan fingerprint density at radius 1 is 0.933 bits per heavy atom. The van der Waals surface area contributed by atoms with Crippen molar-refractivity contribution >= 4 is 10.8 Å². The first kappa shape index (κ1) is 20.1. The fourth-order valence-electron chi connectivity index (χ4n) is 3.73. The first-order valence-corrected chi connectivity index (χ1v) is 10.1. The van der Waals surface area contributed by atoms with Crippen LogP contribution in [-0.4, -0.2) is 35.3 Å². The van der Waals surface area contributed by atoms with Crippen molar-refractivity contribution in [1.82, 2.24) is 9.88 Å². The minimum atomic E-state index is 0.0969. The standard InChI is InChI=1S/C25H26N2O3/c1-18-23(17-27(14-15-28)16-19-8-4-3-5-9-19)26-25(30-18)22-12-13-24(29-2)21-11-7-6-10-20(21)22/h3-13,28H,14-17H2,1-2H3. The molecule has 0 aliphatic carbocycles. The number of hydrogen-bond donors (Lipinski definition) is 1. The zero-order valence-electron chi connectivity index (χ0n) is 17.3. The van der Waals surface area contributed by atoms with Crippen LogP contribution in [0.3, 0.4) is 0 Å². The zero-order chi connectivity index (χ0) is 20.9. The lowest BCUT2D eigenvalue weighted by molar-refractivity contribution is 0.182. The summed E-state index contributed by atoms with van der Waals surface area (Å²) in [5, 5.41) is 11.6. The van der Waals surface area contributed by atoms with Gasteiger partial charge in [0.25, 0.3) is 0 Å². The Morgan fingerprint density at radius 3 is 2.40 bits per heavy atom. The predicted octanol–water partition coefficient (Wildman–Crippen LogP) is 4.81. The van der Waals surface area contributed by atoms with Gasteiger partial charge in [0, 0.05) is 30.6 Å². The van der Waals surface area contributed by atoms with Crippen molar-refractivity contribution in [3.05, 3.63) is 83.7 Å². The lowest BCUT2D eigenvalue weighted by atomic mass is 10.0. The highest BCUT2D eigenvalue weighted by molar-refractivity contribution is 5.98. The predicted molar refractivity (Wildman–Crippen MR) is 118 cm³/mol. The van der Waals surface area contributed by atoms with Crippen LogP contribution >= 0.6 is 0 Å². The molecule has 0 amide bonds. The van der Waals surface area contributed by atoms with E-state index in [1.807, 2.05) is 55.5 Å². The van der Waals surface area contributed by atoms with Gasteiger partial charge < -0.3 is 14.3 Å². The number of aryl methyl sites for hydroxylation is 1. The normalized spacial score (nSPS) is 11.3. The van der Waals surface area contributed by atoms with Crippen LogP contribution in [0.25, 0.3) is 22.2 Å². The number of rotatable bonds is 8. The van der Waals surface area contributed by atoms with Crippen LogP contribution in [-0.2, 0) is 13.1 Å². The second kappa shape index (κ2) is 9.11. The molecule has 5 heteroatoms. The average molecular weight is 402 g/mol. The number of methoxy groups -OCH3 is 1. The first-order chi connectivity index (χ1) is 14.7. The molecule has 0 saturated heterocycles. The summed E-state index contributed by atoms with van der Waals surface area (Å²) in [4.78, 5) is 7.00. The highest BCUT2D eigenvalue weighted by Gasteiger charge is 2.17. The number of aliphatic hydroxyl groups is 1. The van der Waals surface area contributed by atoms with Crippen LogP contribution in [0.2, 0.25) is 0 Å². The average Bonchev–Trinajstić information content (AvgIpc) is 3.13. The number of aliphatic hydroxyl groups excluding tert-OH is 1. The summed E-state index contributed by atoms with van der Waals surface area (Å²) < 4.78 is 11.6. The molecule has 1 aromatic heterocycles. The summed E-state index contributed by atoms with van der Waals surface area (Å²) >= 11 is 0. The fourth-order valence-corrected chi connectivity index (χ4v) is 3.73. The van der Waals surface area contributed by atoms with E-state index in [-0.39, 0.29) is 6.61 Å². The molecule has 0 radical (unpaired) electrons. The fraction of sp³-hybridized carbons (Fsp3) is 0.240. The monoisotopic (exact) mass is 402 g/mol. The molecular formula is C25H26N2O3. The molecule has 5 nitrogen and oxygen atoms in total. The first-order valence-electron chi connectivity index (χ1n) is 10.1. The third-order valence-electron chi connectivity index (χ3n) is 5.27. The molecule has 154 valence electrons. The van der Waals surface area contributed by atoms with Crippen LogP contribution in [0.4, 0.5) is 0 Å². The van der Waals surface area contributed by atoms with E-state index in [9.17, 15) is 5.11 Å². The molecule has 30 heavy (non-hydrogen) atoms. The van der Waals surface area contributed by atoms with Gasteiger partial charge in [-0.25, -0.2) is 4.98 Å². The summed E-state index contributed by atoms with van der Waals surface area (Å²) in [6.45, 7) is 3.96. The Kier molecular flexibility index (Phi) is 6.12. The SMILES string of the molecule is COc1ccc(-c2nc(CN(CCO)Cc3ccccc3)c(C)o2)c2ccccc12. The van der Waals surface area contributed by atoms with E-state index in [1.165, 1.54) is 5.56 Å². The lowest BCUT2D eigenvalue weighted by Crippen LogP contribution is -2.26. The van der Waals surface area contributed by atoms with Gasteiger partial charge in [-0.15, -0.1) is 0 Å². The summed E-state index contributed by atoms with van der Waals surface area (Å²) in [6, 6.07) is 22.3. The molecule has 1 N–H and O–H groups in total. The molecule has 0 spiro atoms. The molecule has 4 rings (SSSR count). The van der Waals surface area contributed by atoms with Crippen molar-refractivity contribution in [3.8, 4) is 17.2 Å². The van der Waals surface area contributed by atoms with Crippen LogP contribution in [0.15, 0.2) is 71.1 Å². The summed E-state index contributed by atoms with van der Waals surface area (Å²) in [7, 11) is 1.68. The number of fused-ring (bicyclic) bond motifs is 1. The van der Waals surface area contributed by atoms with Crippen LogP contribution in [0.5, 0.6) is 5.75 Å². The van der Waals surface area contributed by atoms with Gasteiger partial charge in [0.05, 0.1) is 19.4 Å². The maximum absolute atomic E-state index is 9.52. The van der Waals surface area contributed by atoms with E-state index < -0.39 is 0 Å². The van der Waals surface area contributed by atoms with Gasteiger partial charge in [0.2, 0.25) is 5.89 Å². The molecule has 3 aromatic carbocycles. The van der Waals surface area contributed by atoms with E-state index >= 15 is 0 Å². The summed E-state index contributed by atoms with van der Waals surface area (Å²) in [6.07, 6.45) is 0. The maximum Gasteiger partial charge on any atom is 0.227 e. The Labute approximate surface area is 176 Å². The number of hydrogen-bond acceptors (Lipinski definition) is 5. The summed E-state index contributed by atoms with van der Waals surface area (Å²) in [5.74, 6) is 2.22. The van der Waals surface area contributed by atoms with Crippen LogP contribution in [0.1, 0.15) is 17.0 Å². The van der Waals surface area contributed by atoms with E-state index in [0.717, 1.165) is 40.1 Å². The maximum atomic E-state index is 9.52. The van der Waals surface area contributed by atoms with E-state index in [2.05, 4.69) is 23.1 Å². The van der Waals surface area contributed by atoms with Gasteiger partial charge in [-0.1, -0.05) is 54.6 Å². The Hall–Kier alpha value is -3.15. The smallest absolute Gasteiger partial charge is 0.227 e. The molecule has 0 bridgehead atoms. The van der Waals surface area contributed by atoms with Crippen molar-refractivity contribution in [2.75, 3.05) is 20.3 Å². The highest BCUT2D eigenvalue weighted by Crippen LogP contribution is 2.34. The van der Waals surface area contributed by atoms with Crippen LogP contribution in [0, 0.1) is 6.92 Å². The Bertz CT molecular complexity index is 1120. The third-order valence-corrected chi connectivity index (χ3v) is 5.27. The molecule has 0 unspecified atom stereocenters. The van der Waals surface area contributed by atoms with E-state index in [1.54, 1.807) is 7.11 Å². The third kappa shape index (κ3) is 4.22. The molecule has 0 fully saturated rings. The number of aromatic nitrogens is 1. The second-order valence-electron chi connectivity index (χ2n) is 7.30. The van der Waals surface area contributed by atoms with Gasteiger partial charge in [-0.2, -0.15) is 0 Å². The summed E-state index contributed by atoms with van der Waals surface area (Å²) in [5.41, 5.74) is 3.03. The van der Waals surface area contributed by atoms with Gasteiger partial charge in [-0.3, -0.25) is 4.90 Å². The molecule has 0 aliphatic heterocycles. The van der Waals surface area contributed by atoms with Crippen molar-refractivity contribution in [3.63, 3.8) is 0 Å². The van der Waals surface area contributed by atoms with Crippen LogP contribution < -0.4 is 4.74 Å². The Balaban J connectivity index is 1.64. The lowest BCUT2D eigenvalue weighted by Gasteiger charge is -2.20. The molecule has 4 aromatic rings. The molecule has 0 saturated carbocycles. The number of ether oxygens (including phenoxy) is 1. The number of oxazole rings is 1. The van der Waals surface area contributed by atoms with Gasteiger partial charge in [0.15, 0.2) is 0 Å².